The highest BCUT2D eigenvalue weighted by Gasteiger charge is 2.45. The van der Waals surface area contributed by atoms with Crippen molar-refractivity contribution in [2.45, 2.75) is 37.5 Å². The second-order valence-electron chi connectivity index (χ2n) is 8.66. The lowest BCUT2D eigenvalue weighted by Gasteiger charge is -2.41. The molecule has 0 saturated heterocycles. The van der Waals surface area contributed by atoms with E-state index in [1.807, 2.05) is 48.5 Å². The SMILES string of the molecule is O=C(OCc1ccccc1)N1C=C[C@@H]2OC(Cc3ccccc3)=NO[C@@H]2[C@H]1c1cccc(C(F)(F)F)c1. The summed E-state index contributed by atoms with van der Waals surface area (Å²) in [5.41, 5.74) is 1.12. The summed E-state index contributed by atoms with van der Waals surface area (Å²) in [5, 5.41) is 4.10. The van der Waals surface area contributed by atoms with Crippen LogP contribution in [0, 0.1) is 0 Å². The molecule has 3 aromatic carbocycles. The average molecular weight is 508 g/mol. The fourth-order valence-corrected chi connectivity index (χ4v) is 4.30. The minimum absolute atomic E-state index is 0.00412. The van der Waals surface area contributed by atoms with Gasteiger partial charge < -0.3 is 14.3 Å². The number of benzene rings is 3. The predicted molar refractivity (Wildman–Crippen MR) is 129 cm³/mol. The van der Waals surface area contributed by atoms with Gasteiger partial charge in [0.15, 0.2) is 12.2 Å². The number of ether oxygens (including phenoxy) is 2. The third kappa shape index (κ3) is 5.61. The number of halogens is 3. The zero-order chi connectivity index (χ0) is 25.8. The number of alkyl halides is 3. The summed E-state index contributed by atoms with van der Waals surface area (Å²) in [4.78, 5) is 20.1. The van der Waals surface area contributed by atoms with E-state index in [0.717, 1.165) is 23.3 Å². The molecule has 0 radical (unpaired) electrons. The van der Waals surface area contributed by atoms with Crippen molar-refractivity contribution in [2.24, 2.45) is 5.16 Å². The standard InChI is InChI=1S/C28H23F3N2O4/c29-28(30,31)22-13-7-12-21(17-22)25-26-23(36-24(32-37-26)16-19-8-3-1-4-9-19)14-15-33(25)27(34)35-18-20-10-5-2-6-11-20/h1-15,17,23,25-26H,16,18H2/t23-,25+,26-/m0/s1. The molecule has 9 heteroatoms. The fraction of sp³-hybridized carbons (Fsp3) is 0.214. The van der Waals surface area contributed by atoms with Crippen molar-refractivity contribution in [3.8, 4) is 0 Å². The number of carbonyl (C=O) groups excluding carboxylic acids is 1. The van der Waals surface area contributed by atoms with Gasteiger partial charge in [0.25, 0.3) is 0 Å². The molecular weight excluding hydrogens is 485 g/mol. The Labute approximate surface area is 211 Å². The summed E-state index contributed by atoms with van der Waals surface area (Å²) in [7, 11) is 0. The number of fused-ring (bicyclic) bond motifs is 1. The summed E-state index contributed by atoms with van der Waals surface area (Å²) < 4.78 is 52.0. The molecule has 6 nitrogen and oxygen atoms in total. The normalized spacial score (nSPS) is 20.8. The van der Waals surface area contributed by atoms with Crippen molar-refractivity contribution in [3.05, 3.63) is 119 Å². The fourth-order valence-electron chi connectivity index (χ4n) is 4.30. The topological polar surface area (TPSA) is 60.4 Å². The lowest BCUT2D eigenvalue weighted by Crippen LogP contribution is -2.50. The van der Waals surface area contributed by atoms with Crippen molar-refractivity contribution >= 4 is 12.0 Å². The first kappa shape index (κ1) is 24.4. The zero-order valence-corrected chi connectivity index (χ0v) is 19.5. The highest BCUT2D eigenvalue weighted by atomic mass is 19.4. The lowest BCUT2D eigenvalue weighted by molar-refractivity contribution is -0.137. The van der Waals surface area contributed by atoms with E-state index in [1.54, 1.807) is 18.2 Å². The van der Waals surface area contributed by atoms with Gasteiger partial charge in [-0.3, -0.25) is 4.90 Å². The maximum absolute atomic E-state index is 13.5. The van der Waals surface area contributed by atoms with Gasteiger partial charge >= 0.3 is 12.3 Å². The molecule has 190 valence electrons. The molecule has 0 aromatic heterocycles. The molecule has 2 heterocycles. The smallest absolute Gasteiger partial charge is 0.416 e. The summed E-state index contributed by atoms with van der Waals surface area (Å²) >= 11 is 0. The van der Waals surface area contributed by atoms with E-state index in [9.17, 15) is 18.0 Å². The van der Waals surface area contributed by atoms with Gasteiger partial charge in [-0.2, -0.15) is 13.2 Å². The van der Waals surface area contributed by atoms with Crippen molar-refractivity contribution in [1.82, 2.24) is 4.90 Å². The quantitative estimate of drug-likeness (QED) is 0.409. The van der Waals surface area contributed by atoms with E-state index in [2.05, 4.69) is 5.16 Å². The van der Waals surface area contributed by atoms with Gasteiger partial charge in [0, 0.05) is 6.20 Å². The van der Waals surface area contributed by atoms with Gasteiger partial charge in [0.2, 0.25) is 5.90 Å². The van der Waals surface area contributed by atoms with Crippen molar-refractivity contribution in [2.75, 3.05) is 0 Å². The Bertz CT molecular complexity index is 1300. The maximum Gasteiger partial charge on any atom is 0.416 e. The monoisotopic (exact) mass is 508 g/mol. The molecule has 37 heavy (non-hydrogen) atoms. The molecule has 0 bridgehead atoms. The van der Waals surface area contributed by atoms with Crippen LogP contribution in [0.4, 0.5) is 18.0 Å². The van der Waals surface area contributed by atoms with Crippen LogP contribution >= 0.6 is 0 Å². The molecule has 2 aliphatic rings. The number of hydrogen-bond donors (Lipinski definition) is 0. The predicted octanol–water partition coefficient (Wildman–Crippen LogP) is 6.25. The lowest BCUT2D eigenvalue weighted by atomic mass is 9.92. The van der Waals surface area contributed by atoms with Gasteiger partial charge in [0.1, 0.15) is 12.6 Å². The molecule has 0 N–H and O–H groups in total. The maximum atomic E-state index is 13.5. The van der Waals surface area contributed by atoms with E-state index in [1.165, 1.54) is 23.2 Å². The average Bonchev–Trinajstić information content (AvgIpc) is 2.92. The molecule has 0 aliphatic carbocycles. The summed E-state index contributed by atoms with van der Waals surface area (Å²) in [6.07, 6.45) is -3.37. The van der Waals surface area contributed by atoms with Gasteiger partial charge in [-0.15, -0.1) is 0 Å². The first-order valence-electron chi connectivity index (χ1n) is 11.7. The van der Waals surface area contributed by atoms with Crippen LogP contribution in [0.1, 0.15) is 28.3 Å². The highest BCUT2D eigenvalue weighted by molar-refractivity contribution is 5.79. The summed E-state index contributed by atoms with van der Waals surface area (Å²) in [6.45, 7) is 0.00412. The van der Waals surface area contributed by atoms with Crippen LogP contribution in [0.2, 0.25) is 0 Å². The molecule has 5 rings (SSSR count). The van der Waals surface area contributed by atoms with Gasteiger partial charge in [-0.25, -0.2) is 4.79 Å². The Kier molecular flexibility index (Phi) is 6.85. The van der Waals surface area contributed by atoms with Crippen LogP contribution in [-0.2, 0) is 33.5 Å². The van der Waals surface area contributed by atoms with Crippen LogP contribution < -0.4 is 0 Å². The molecule has 3 atom stereocenters. The number of amides is 1. The summed E-state index contributed by atoms with van der Waals surface area (Å²) in [5.74, 6) is 0.333. The molecular formula is C28H23F3N2O4. The Morgan fingerprint density at radius 2 is 1.65 bits per heavy atom. The van der Waals surface area contributed by atoms with E-state index >= 15 is 0 Å². The van der Waals surface area contributed by atoms with Crippen LogP contribution in [0.3, 0.4) is 0 Å². The van der Waals surface area contributed by atoms with Crippen LogP contribution in [-0.4, -0.2) is 29.1 Å². The number of nitrogens with zero attached hydrogens (tertiary/aromatic N) is 2. The minimum Gasteiger partial charge on any atom is -0.467 e. The summed E-state index contributed by atoms with van der Waals surface area (Å²) in [6, 6.07) is 22.4. The second-order valence-corrected chi connectivity index (χ2v) is 8.66. The second kappa shape index (κ2) is 10.4. The van der Waals surface area contributed by atoms with Crippen LogP contribution in [0.5, 0.6) is 0 Å². The third-order valence-electron chi connectivity index (χ3n) is 6.09. The van der Waals surface area contributed by atoms with E-state index in [0.29, 0.717) is 12.3 Å². The number of rotatable bonds is 5. The molecule has 0 spiro atoms. The molecule has 0 unspecified atom stereocenters. The number of carbonyl (C=O) groups is 1. The molecule has 0 saturated carbocycles. The van der Waals surface area contributed by atoms with Gasteiger partial charge in [-0.1, -0.05) is 78.0 Å². The Hall–Kier alpha value is -4.27. The number of oxime groups is 1. The first-order chi connectivity index (χ1) is 17.9. The van der Waals surface area contributed by atoms with E-state index < -0.39 is 36.1 Å². The Balaban J connectivity index is 1.42. The largest absolute Gasteiger partial charge is 0.467 e. The molecule has 0 fully saturated rings. The molecule has 1 amide bonds. The molecule has 3 aromatic rings. The first-order valence-corrected chi connectivity index (χ1v) is 11.7. The molecule has 2 aliphatic heterocycles. The van der Waals surface area contributed by atoms with Gasteiger partial charge in [0.05, 0.1) is 12.0 Å². The zero-order valence-electron chi connectivity index (χ0n) is 19.5. The van der Waals surface area contributed by atoms with Crippen molar-refractivity contribution in [1.29, 1.82) is 0 Å². The Morgan fingerprint density at radius 3 is 2.35 bits per heavy atom. The van der Waals surface area contributed by atoms with Crippen LogP contribution in [0.25, 0.3) is 0 Å². The minimum atomic E-state index is -4.55. The van der Waals surface area contributed by atoms with E-state index in [4.69, 9.17) is 14.3 Å². The number of hydrogen-bond acceptors (Lipinski definition) is 5. The van der Waals surface area contributed by atoms with Crippen LogP contribution in [0.15, 0.2) is 102 Å². The van der Waals surface area contributed by atoms with Gasteiger partial charge in [-0.05, 0) is 34.9 Å². The van der Waals surface area contributed by atoms with Crippen molar-refractivity contribution < 1.29 is 32.3 Å². The Morgan fingerprint density at radius 1 is 0.946 bits per heavy atom. The third-order valence-corrected chi connectivity index (χ3v) is 6.09. The van der Waals surface area contributed by atoms with Crippen molar-refractivity contribution in [3.63, 3.8) is 0 Å². The van der Waals surface area contributed by atoms with E-state index in [-0.39, 0.29) is 12.2 Å². The highest BCUT2D eigenvalue weighted by Crippen LogP contribution is 2.38.